The van der Waals surface area contributed by atoms with Crippen molar-refractivity contribution in [1.82, 2.24) is 0 Å². The van der Waals surface area contributed by atoms with Crippen LogP contribution in [-0.4, -0.2) is 38.7 Å². The second kappa shape index (κ2) is 9.57. The normalized spacial score (nSPS) is 9.67. The van der Waals surface area contributed by atoms with Crippen LogP contribution in [-0.2, 0) is 23.8 Å². The monoisotopic (exact) mass is 355 g/mol. The number of esters is 3. The third kappa shape index (κ3) is 4.99. The molecule has 0 saturated heterocycles. The number of hydrogen-bond acceptors (Lipinski definition) is 7. The van der Waals surface area contributed by atoms with Crippen molar-refractivity contribution in [2.45, 2.75) is 13.3 Å². The van der Waals surface area contributed by atoms with Crippen molar-refractivity contribution in [2.75, 3.05) is 26.1 Å². The molecular weight excluding hydrogens is 338 g/mol. The van der Waals surface area contributed by atoms with Crippen LogP contribution in [0.1, 0.15) is 23.7 Å². The van der Waals surface area contributed by atoms with Gasteiger partial charge in [0.2, 0.25) is 0 Å². The van der Waals surface area contributed by atoms with Crippen LogP contribution in [0.25, 0.3) is 0 Å². The Morgan fingerprint density at radius 2 is 1.79 bits per heavy atom. The SMILES string of the molecule is CCCOC(=O)c1cccc(NC=C(C(=O)OC)C(=O)OC)c1Cl. The number of carbonyl (C=O) groups is 3. The van der Waals surface area contributed by atoms with Gasteiger partial charge in [0.05, 0.1) is 37.1 Å². The van der Waals surface area contributed by atoms with E-state index in [1.165, 1.54) is 6.07 Å². The molecule has 1 rings (SSSR count). The number of nitrogens with one attached hydrogen (secondary N) is 1. The summed E-state index contributed by atoms with van der Waals surface area (Å²) in [6, 6.07) is 4.67. The smallest absolute Gasteiger partial charge is 0.346 e. The molecule has 0 amide bonds. The van der Waals surface area contributed by atoms with Gasteiger partial charge in [-0.05, 0) is 18.6 Å². The van der Waals surface area contributed by atoms with Gasteiger partial charge in [-0.1, -0.05) is 24.6 Å². The molecule has 0 fully saturated rings. The highest BCUT2D eigenvalue weighted by Gasteiger charge is 2.20. The van der Waals surface area contributed by atoms with Gasteiger partial charge in [0, 0.05) is 6.20 Å². The first-order chi connectivity index (χ1) is 11.5. The predicted octanol–water partition coefficient (Wildman–Crippen LogP) is 2.55. The molecule has 0 aliphatic carbocycles. The quantitative estimate of drug-likeness (QED) is 0.264. The molecular formula is C16H18ClNO6. The van der Waals surface area contributed by atoms with E-state index in [4.69, 9.17) is 16.3 Å². The van der Waals surface area contributed by atoms with Crippen LogP contribution in [0.4, 0.5) is 5.69 Å². The lowest BCUT2D eigenvalue weighted by atomic mass is 10.2. The highest BCUT2D eigenvalue weighted by atomic mass is 35.5. The Morgan fingerprint density at radius 1 is 1.17 bits per heavy atom. The van der Waals surface area contributed by atoms with Gasteiger partial charge in [-0.25, -0.2) is 14.4 Å². The minimum absolute atomic E-state index is 0.101. The number of hydrogen-bond donors (Lipinski definition) is 1. The molecule has 0 spiro atoms. The van der Waals surface area contributed by atoms with E-state index in [9.17, 15) is 14.4 Å². The van der Waals surface area contributed by atoms with Gasteiger partial charge in [-0.2, -0.15) is 0 Å². The van der Waals surface area contributed by atoms with E-state index in [0.29, 0.717) is 12.1 Å². The zero-order valence-corrected chi connectivity index (χ0v) is 14.3. The third-order valence-electron chi connectivity index (χ3n) is 2.84. The Kier molecular flexibility index (Phi) is 7.77. The van der Waals surface area contributed by atoms with E-state index >= 15 is 0 Å². The fraction of sp³-hybridized carbons (Fsp3) is 0.312. The fourth-order valence-electron chi connectivity index (χ4n) is 1.64. The largest absolute Gasteiger partial charge is 0.465 e. The first-order valence-corrected chi connectivity index (χ1v) is 7.43. The van der Waals surface area contributed by atoms with Gasteiger partial charge < -0.3 is 19.5 Å². The minimum Gasteiger partial charge on any atom is -0.465 e. The van der Waals surface area contributed by atoms with E-state index in [0.717, 1.165) is 20.4 Å². The van der Waals surface area contributed by atoms with Crippen LogP contribution in [0.15, 0.2) is 30.0 Å². The number of methoxy groups -OCH3 is 2. The molecule has 0 aromatic heterocycles. The number of halogens is 1. The van der Waals surface area contributed by atoms with Gasteiger partial charge in [-0.3, -0.25) is 0 Å². The highest BCUT2D eigenvalue weighted by molar-refractivity contribution is 6.36. The van der Waals surface area contributed by atoms with E-state index in [1.807, 2.05) is 6.92 Å². The molecule has 0 unspecified atom stereocenters. The lowest BCUT2D eigenvalue weighted by molar-refractivity contribution is -0.144. The van der Waals surface area contributed by atoms with Gasteiger partial charge in [0.25, 0.3) is 0 Å². The molecule has 0 atom stereocenters. The lowest BCUT2D eigenvalue weighted by Crippen LogP contribution is -2.17. The van der Waals surface area contributed by atoms with Gasteiger partial charge >= 0.3 is 17.9 Å². The van der Waals surface area contributed by atoms with Crippen molar-refractivity contribution in [2.24, 2.45) is 0 Å². The number of anilines is 1. The van der Waals surface area contributed by atoms with Crippen LogP contribution in [0.3, 0.4) is 0 Å². The van der Waals surface area contributed by atoms with Crippen LogP contribution in [0, 0.1) is 0 Å². The molecule has 0 saturated carbocycles. The van der Waals surface area contributed by atoms with E-state index in [2.05, 4.69) is 14.8 Å². The predicted molar refractivity (Wildman–Crippen MR) is 87.8 cm³/mol. The summed E-state index contributed by atoms with van der Waals surface area (Å²) in [5, 5.41) is 2.79. The van der Waals surface area contributed by atoms with Crippen molar-refractivity contribution < 1.29 is 28.6 Å². The molecule has 24 heavy (non-hydrogen) atoms. The minimum atomic E-state index is -0.871. The summed E-state index contributed by atoms with van der Waals surface area (Å²) in [7, 11) is 2.27. The maximum absolute atomic E-state index is 11.9. The van der Waals surface area contributed by atoms with Crippen molar-refractivity contribution in [1.29, 1.82) is 0 Å². The summed E-state index contributed by atoms with van der Waals surface area (Å²) in [5.74, 6) is -2.30. The average Bonchev–Trinajstić information content (AvgIpc) is 2.60. The number of ether oxygens (including phenoxy) is 3. The molecule has 130 valence electrons. The summed E-state index contributed by atoms with van der Waals surface area (Å²) in [6.45, 7) is 2.15. The molecule has 1 aromatic carbocycles. The number of carbonyl (C=O) groups excluding carboxylic acids is 3. The zero-order chi connectivity index (χ0) is 18.1. The van der Waals surface area contributed by atoms with Crippen molar-refractivity contribution in [3.8, 4) is 0 Å². The topological polar surface area (TPSA) is 90.9 Å². The maximum atomic E-state index is 11.9. The highest BCUT2D eigenvalue weighted by Crippen LogP contribution is 2.27. The van der Waals surface area contributed by atoms with E-state index < -0.39 is 17.9 Å². The summed E-state index contributed by atoms with van der Waals surface area (Å²) < 4.78 is 14.0. The summed E-state index contributed by atoms with van der Waals surface area (Å²) in [4.78, 5) is 35.1. The fourth-order valence-corrected chi connectivity index (χ4v) is 1.90. The summed E-state index contributed by atoms with van der Waals surface area (Å²) in [6.07, 6.45) is 1.78. The Bertz CT molecular complexity index is 638. The van der Waals surface area contributed by atoms with Crippen LogP contribution in [0.5, 0.6) is 0 Å². The molecule has 0 aliphatic heterocycles. The molecule has 1 N–H and O–H groups in total. The molecule has 7 nitrogen and oxygen atoms in total. The Balaban J connectivity index is 3.06. The molecule has 8 heteroatoms. The molecule has 0 bridgehead atoms. The first kappa shape index (κ1) is 19.5. The Morgan fingerprint density at radius 3 is 2.33 bits per heavy atom. The van der Waals surface area contributed by atoms with Gasteiger partial charge in [0.1, 0.15) is 0 Å². The van der Waals surface area contributed by atoms with E-state index in [1.54, 1.807) is 12.1 Å². The average molecular weight is 356 g/mol. The van der Waals surface area contributed by atoms with Crippen LogP contribution in [0.2, 0.25) is 5.02 Å². The van der Waals surface area contributed by atoms with Gasteiger partial charge in [0.15, 0.2) is 5.57 Å². The molecule has 1 aromatic rings. The summed E-state index contributed by atoms with van der Waals surface area (Å²) >= 11 is 6.17. The Labute approximate surface area is 144 Å². The standard InChI is InChI=1S/C16H18ClNO6/c1-4-8-24-16(21)10-6-5-7-12(13(10)17)18-9-11(14(19)22-2)15(20)23-3/h5-7,9,18H,4,8H2,1-3H3. The maximum Gasteiger partial charge on any atom is 0.346 e. The first-order valence-electron chi connectivity index (χ1n) is 7.05. The second-order valence-electron chi connectivity index (χ2n) is 4.49. The van der Waals surface area contributed by atoms with Crippen molar-refractivity contribution in [3.63, 3.8) is 0 Å². The van der Waals surface area contributed by atoms with Crippen molar-refractivity contribution in [3.05, 3.63) is 40.6 Å². The van der Waals surface area contributed by atoms with E-state index in [-0.39, 0.29) is 22.8 Å². The Hall–Kier alpha value is -2.54. The molecule has 0 radical (unpaired) electrons. The van der Waals surface area contributed by atoms with Crippen LogP contribution < -0.4 is 5.32 Å². The van der Waals surface area contributed by atoms with Gasteiger partial charge in [-0.15, -0.1) is 0 Å². The third-order valence-corrected chi connectivity index (χ3v) is 3.25. The zero-order valence-electron chi connectivity index (χ0n) is 13.6. The molecule has 0 heterocycles. The second-order valence-corrected chi connectivity index (χ2v) is 4.87. The lowest BCUT2D eigenvalue weighted by Gasteiger charge is -2.10. The number of benzene rings is 1. The summed E-state index contributed by atoms with van der Waals surface area (Å²) in [5.41, 5.74) is 0.129. The van der Waals surface area contributed by atoms with Crippen LogP contribution >= 0.6 is 11.6 Å². The number of rotatable bonds is 7. The molecule has 0 aliphatic rings. The van der Waals surface area contributed by atoms with Crippen molar-refractivity contribution >= 4 is 35.2 Å².